The molecule has 37 heavy (non-hydrogen) atoms. The Hall–Kier alpha value is -2.97. The molecule has 198 valence electrons. The smallest absolute Gasteiger partial charge is 0.312 e. The zero-order valence-electron chi connectivity index (χ0n) is 21.9. The average molecular weight is 509 g/mol. The number of nitrogens with one attached hydrogen (secondary N) is 1. The number of aliphatic hydroxyl groups excluding tert-OH is 1. The minimum Gasteiger partial charge on any atom is -0.466 e. The van der Waals surface area contributed by atoms with Crippen molar-refractivity contribution in [1.82, 2.24) is 4.90 Å². The molecule has 6 atom stereocenters. The van der Waals surface area contributed by atoms with Crippen LogP contribution in [0.1, 0.15) is 47.0 Å². The largest absolute Gasteiger partial charge is 0.466 e. The Morgan fingerprint density at radius 1 is 1.19 bits per heavy atom. The molecule has 2 N–H and O–H groups in total. The number of carbonyl (C=O) groups is 3. The van der Waals surface area contributed by atoms with Gasteiger partial charge in [0, 0.05) is 5.69 Å². The van der Waals surface area contributed by atoms with Gasteiger partial charge < -0.3 is 24.8 Å². The Morgan fingerprint density at radius 3 is 2.59 bits per heavy atom. The van der Waals surface area contributed by atoms with Gasteiger partial charge in [-0.05, 0) is 61.9 Å². The van der Waals surface area contributed by atoms with Crippen LogP contribution in [0.5, 0.6) is 0 Å². The van der Waals surface area contributed by atoms with E-state index >= 15 is 0 Å². The normalized spacial score (nSPS) is 31.1. The van der Waals surface area contributed by atoms with E-state index in [4.69, 9.17) is 9.47 Å². The first kappa shape index (κ1) is 25.7. The molecule has 8 heteroatoms. The first-order valence-electron chi connectivity index (χ1n) is 13.2. The Labute approximate surface area is 217 Å². The molecule has 3 aliphatic rings. The van der Waals surface area contributed by atoms with Crippen molar-refractivity contribution in [2.75, 3.05) is 18.5 Å². The first-order valence-corrected chi connectivity index (χ1v) is 13.2. The lowest BCUT2D eigenvalue weighted by atomic mass is 9.66. The molecule has 0 saturated carbocycles. The van der Waals surface area contributed by atoms with Crippen molar-refractivity contribution >= 4 is 34.2 Å². The molecule has 2 unspecified atom stereocenters. The second kappa shape index (κ2) is 9.40. The van der Waals surface area contributed by atoms with Gasteiger partial charge in [-0.3, -0.25) is 14.4 Å². The highest BCUT2D eigenvalue weighted by Crippen LogP contribution is 2.63. The van der Waals surface area contributed by atoms with Crippen LogP contribution in [0.15, 0.2) is 42.5 Å². The maximum absolute atomic E-state index is 14.1. The van der Waals surface area contributed by atoms with Crippen molar-refractivity contribution in [3.8, 4) is 0 Å². The fourth-order valence-electron chi connectivity index (χ4n) is 6.94. The van der Waals surface area contributed by atoms with Gasteiger partial charge in [-0.15, -0.1) is 0 Å². The Morgan fingerprint density at radius 2 is 1.92 bits per heavy atom. The second-order valence-corrected chi connectivity index (χ2v) is 11.2. The molecule has 2 amide bonds. The number of amides is 2. The highest BCUT2D eigenvalue weighted by Gasteiger charge is 2.78. The third-order valence-corrected chi connectivity index (χ3v) is 8.37. The number of likely N-dealkylation sites (tertiary alicyclic amines) is 1. The fraction of sp³-hybridized carbons (Fsp3) is 0.552. The number of fused-ring (bicyclic) bond motifs is 2. The highest BCUT2D eigenvalue weighted by molar-refractivity contribution is 6.04. The van der Waals surface area contributed by atoms with Crippen LogP contribution in [0.2, 0.25) is 0 Å². The number of rotatable bonds is 8. The van der Waals surface area contributed by atoms with Crippen LogP contribution in [0.25, 0.3) is 10.8 Å². The third-order valence-electron chi connectivity index (χ3n) is 8.37. The van der Waals surface area contributed by atoms with Gasteiger partial charge in [0.05, 0.1) is 30.8 Å². The number of hydrogen-bond acceptors (Lipinski definition) is 6. The summed E-state index contributed by atoms with van der Waals surface area (Å²) in [5.74, 6) is -2.61. The monoisotopic (exact) mass is 508 g/mol. The van der Waals surface area contributed by atoms with E-state index in [1.54, 1.807) is 6.92 Å². The van der Waals surface area contributed by atoms with Crippen LogP contribution in [-0.2, 0) is 23.9 Å². The standard InChI is InChI=1S/C29H36N2O6/c1-5-36-27(35)23-22-26(34)31(21(16-32)14-17(2)3)24(29(22)13-12-28(23,4)37-29)25(33)30-20-11-10-18-8-6-7-9-19(18)15-20/h6-11,15,17,21-24,32H,5,12-14,16H2,1-4H3,(H,30,33)/t21-,22+,23+,24?,28-,29?/m1/s1. The van der Waals surface area contributed by atoms with E-state index in [2.05, 4.69) is 5.32 Å². The third kappa shape index (κ3) is 4.01. The molecule has 2 aromatic rings. The van der Waals surface area contributed by atoms with Gasteiger partial charge >= 0.3 is 5.97 Å². The number of esters is 1. The van der Waals surface area contributed by atoms with Crippen molar-refractivity contribution in [1.29, 1.82) is 0 Å². The van der Waals surface area contributed by atoms with E-state index in [0.29, 0.717) is 24.9 Å². The van der Waals surface area contributed by atoms with Gasteiger partial charge in [0.1, 0.15) is 17.6 Å². The van der Waals surface area contributed by atoms with Crippen LogP contribution >= 0.6 is 0 Å². The summed E-state index contributed by atoms with van der Waals surface area (Å²) in [6.45, 7) is 7.51. The van der Waals surface area contributed by atoms with Crippen LogP contribution in [0.4, 0.5) is 5.69 Å². The molecule has 8 nitrogen and oxygen atoms in total. The Bertz CT molecular complexity index is 1230. The van der Waals surface area contributed by atoms with Gasteiger partial charge in [0.25, 0.3) is 0 Å². The summed E-state index contributed by atoms with van der Waals surface area (Å²) in [6, 6.07) is 12.0. The minimum absolute atomic E-state index is 0.183. The fourth-order valence-corrected chi connectivity index (χ4v) is 6.94. The molecule has 3 heterocycles. The predicted octanol–water partition coefficient (Wildman–Crippen LogP) is 3.51. The van der Waals surface area contributed by atoms with Crippen molar-refractivity contribution in [3.05, 3.63) is 42.5 Å². The molecular formula is C29H36N2O6. The number of aliphatic hydroxyl groups is 1. The highest BCUT2D eigenvalue weighted by atomic mass is 16.6. The lowest BCUT2D eigenvalue weighted by Crippen LogP contribution is -2.56. The average Bonchev–Trinajstić information content (AvgIpc) is 3.43. The lowest BCUT2D eigenvalue weighted by Gasteiger charge is -2.37. The maximum atomic E-state index is 14.1. The van der Waals surface area contributed by atoms with Crippen molar-refractivity contribution in [2.45, 2.75) is 70.2 Å². The predicted molar refractivity (Wildman–Crippen MR) is 139 cm³/mol. The van der Waals surface area contributed by atoms with Crippen molar-refractivity contribution in [3.63, 3.8) is 0 Å². The number of hydrogen-bond donors (Lipinski definition) is 2. The first-order chi connectivity index (χ1) is 17.6. The molecule has 3 saturated heterocycles. The Kier molecular flexibility index (Phi) is 6.52. The van der Waals surface area contributed by atoms with E-state index < -0.39 is 41.1 Å². The van der Waals surface area contributed by atoms with E-state index in [9.17, 15) is 19.5 Å². The zero-order valence-corrected chi connectivity index (χ0v) is 21.9. The van der Waals surface area contributed by atoms with Crippen LogP contribution < -0.4 is 5.32 Å². The molecule has 3 fully saturated rings. The van der Waals surface area contributed by atoms with Crippen LogP contribution in [-0.4, -0.2) is 64.3 Å². The molecule has 1 spiro atoms. The van der Waals surface area contributed by atoms with Gasteiger partial charge in [-0.1, -0.05) is 44.2 Å². The summed E-state index contributed by atoms with van der Waals surface area (Å²) in [6.07, 6.45) is 1.54. The number of ether oxygens (including phenoxy) is 2. The van der Waals surface area contributed by atoms with E-state index in [1.807, 2.05) is 63.2 Å². The topological polar surface area (TPSA) is 105 Å². The molecule has 5 rings (SSSR count). The summed E-state index contributed by atoms with van der Waals surface area (Å²) in [5.41, 5.74) is -1.43. The minimum atomic E-state index is -1.16. The molecule has 2 bridgehead atoms. The van der Waals surface area contributed by atoms with Crippen molar-refractivity contribution < 1.29 is 29.0 Å². The Balaban J connectivity index is 1.56. The summed E-state index contributed by atoms with van der Waals surface area (Å²) in [7, 11) is 0. The van der Waals surface area contributed by atoms with Gasteiger partial charge in [-0.2, -0.15) is 0 Å². The second-order valence-electron chi connectivity index (χ2n) is 11.2. The summed E-state index contributed by atoms with van der Waals surface area (Å²) >= 11 is 0. The summed E-state index contributed by atoms with van der Waals surface area (Å²) in [5, 5.41) is 15.4. The number of benzene rings is 2. The van der Waals surface area contributed by atoms with Gasteiger partial charge in [0.2, 0.25) is 11.8 Å². The zero-order chi connectivity index (χ0) is 26.5. The van der Waals surface area contributed by atoms with Gasteiger partial charge in [0.15, 0.2) is 0 Å². The summed E-state index contributed by atoms with van der Waals surface area (Å²) in [4.78, 5) is 42.8. The molecule has 0 radical (unpaired) electrons. The number of carbonyl (C=O) groups excluding carboxylic acids is 3. The van der Waals surface area contributed by atoms with Crippen molar-refractivity contribution in [2.24, 2.45) is 17.8 Å². The summed E-state index contributed by atoms with van der Waals surface area (Å²) < 4.78 is 12.0. The molecular weight excluding hydrogens is 472 g/mol. The van der Waals surface area contributed by atoms with E-state index in [0.717, 1.165) is 10.8 Å². The molecule has 0 aliphatic carbocycles. The van der Waals surface area contributed by atoms with Crippen LogP contribution in [0, 0.1) is 17.8 Å². The maximum Gasteiger partial charge on any atom is 0.312 e. The van der Waals surface area contributed by atoms with E-state index in [1.165, 1.54) is 4.90 Å². The molecule has 3 aliphatic heterocycles. The molecule has 0 aromatic heterocycles. The lowest BCUT2D eigenvalue weighted by molar-refractivity contribution is -0.160. The van der Waals surface area contributed by atoms with Crippen LogP contribution in [0.3, 0.4) is 0 Å². The molecule has 2 aromatic carbocycles. The van der Waals surface area contributed by atoms with E-state index in [-0.39, 0.29) is 30.9 Å². The number of nitrogens with zero attached hydrogens (tertiary/aromatic N) is 1. The quantitative estimate of drug-likeness (QED) is 0.529. The van der Waals surface area contributed by atoms with Gasteiger partial charge in [-0.25, -0.2) is 0 Å². The SMILES string of the molecule is CCOC(=O)[C@@H]1[C@H]2C(=O)N([C@@H](CO)CC(C)C)C(C(=O)Nc3ccc4ccccc4c3)C23CC[C@@]1(C)O3. The number of anilines is 1.